The van der Waals surface area contributed by atoms with Crippen LogP contribution in [0.5, 0.6) is 11.5 Å². The number of amides is 3. The number of carbonyl (C=O) groups is 4. The van der Waals surface area contributed by atoms with E-state index in [-0.39, 0.29) is 12.6 Å². The van der Waals surface area contributed by atoms with E-state index in [9.17, 15) is 24.3 Å². The van der Waals surface area contributed by atoms with Gasteiger partial charge in [0.15, 0.2) is 5.13 Å². The number of nitrogens with two attached hydrogens (primary N) is 1. The number of aromatic nitrogens is 2. The third-order valence-electron chi connectivity index (χ3n) is 11.4. The number of nitrogens with zero attached hydrogens (tertiary/aromatic N) is 3. The van der Waals surface area contributed by atoms with Crippen molar-refractivity contribution in [1.82, 2.24) is 20.2 Å². The van der Waals surface area contributed by atoms with E-state index in [0.29, 0.717) is 33.8 Å². The molecule has 0 spiro atoms. The van der Waals surface area contributed by atoms with Gasteiger partial charge >= 0.3 is 12.1 Å². The first-order valence-electron chi connectivity index (χ1n) is 19.2. The lowest BCUT2D eigenvalue weighted by molar-refractivity contribution is -0.142. The summed E-state index contributed by atoms with van der Waals surface area (Å²) in [5.41, 5.74) is 7.19. The number of fused-ring (bicyclic) bond motifs is 1. The van der Waals surface area contributed by atoms with E-state index in [1.807, 2.05) is 66.0 Å². The van der Waals surface area contributed by atoms with Crippen LogP contribution in [0, 0.1) is 36.0 Å². The number of carboxylic acid groups (broad SMARTS) is 1. The van der Waals surface area contributed by atoms with Crippen molar-refractivity contribution >= 4 is 51.2 Å². The minimum absolute atomic E-state index is 0.113. The lowest BCUT2D eigenvalue weighted by Gasteiger charge is -2.36. The van der Waals surface area contributed by atoms with Gasteiger partial charge in [-0.1, -0.05) is 26.8 Å². The van der Waals surface area contributed by atoms with Gasteiger partial charge in [0.05, 0.1) is 30.8 Å². The van der Waals surface area contributed by atoms with Gasteiger partial charge in [0.2, 0.25) is 11.8 Å². The van der Waals surface area contributed by atoms with E-state index in [2.05, 4.69) is 17.2 Å². The summed E-state index contributed by atoms with van der Waals surface area (Å²) in [4.78, 5) is 65.4. The number of ether oxygens (including phenoxy) is 3. The summed E-state index contributed by atoms with van der Waals surface area (Å²) < 4.78 is 18.4. The first kappa shape index (κ1) is 40.7. The Bertz CT molecular complexity index is 2020. The molecule has 14 nitrogen and oxygen atoms in total. The van der Waals surface area contributed by atoms with Gasteiger partial charge < -0.3 is 40.6 Å². The van der Waals surface area contributed by atoms with E-state index < -0.39 is 76.8 Å². The monoisotopic (exact) mass is 790 g/mol. The summed E-state index contributed by atoms with van der Waals surface area (Å²) in [6, 6.07) is 3.21. The van der Waals surface area contributed by atoms with E-state index in [1.54, 1.807) is 19.3 Å². The van der Waals surface area contributed by atoms with Gasteiger partial charge in [0.1, 0.15) is 41.0 Å². The number of hydrogen-bond acceptors (Lipinski definition) is 11. The molecule has 1 aliphatic heterocycles. The van der Waals surface area contributed by atoms with Crippen LogP contribution in [0.3, 0.4) is 0 Å². The summed E-state index contributed by atoms with van der Waals surface area (Å²) in [6.45, 7) is 17.0. The number of carboxylic acids is 1. The molecule has 15 heteroatoms. The van der Waals surface area contributed by atoms with Crippen LogP contribution in [0.2, 0.25) is 0 Å². The number of rotatable bonds is 13. The zero-order valence-corrected chi connectivity index (χ0v) is 34.2. The zero-order valence-electron chi connectivity index (χ0n) is 33.4. The highest BCUT2D eigenvalue weighted by atomic mass is 32.1. The molecule has 7 atom stereocenters. The van der Waals surface area contributed by atoms with Gasteiger partial charge in [0, 0.05) is 34.4 Å². The smallest absolute Gasteiger partial charge is 0.408 e. The van der Waals surface area contributed by atoms with Crippen molar-refractivity contribution in [3.05, 3.63) is 41.8 Å². The van der Waals surface area contributed by atoms with Crippen LogP contribution in [-0.4, -0.2) is 87.3 Å². The van der Waals surface area contributed by atoms with E-state index in [4.69, 9.17) is 29.9 Å². The normalized spacial score (nSPS) is 24.8. The highest BCUT2D eigenvalue weighted by Crippen LogP contribution is 2.56. The average Bonchev–Trinajstić information content (AvgIpc) is 3.39. The van der Waals surface area contributed by atoms with Crippen LogP contribution < -0.4 is 25.8 Å². The van der Waals surface area contributed by atoms with Gasteiger partial charge in [-0.05, 0) is 82.8 Å². The Morgan fingerprint density at radius 3 is 2.38 bits per heavy atom. The molecule has 0 bridgehead atoms. The number of aryl methyl sites for hydroxylation is 1. The second-order valence-corrected chi connectivity index (χ2v) is 17.8. The molecule has 2 unspecified atom stereocenters. The fourth-order valence-electron chi connectivity index (χ4n) is 8.58. The summed E-state index contributed by atoms with van der Waals surface area (Å²) >= 11 is 1.44. The quantitative estimate of drug-likeness (QED) is 0.145. The fraction of sp³-hybridized carbons (Fsp3) is 0.561. The number of hydrogen-bond donors (Lipinski definition) is 4. The molecular formula is C41H54N6O8S. The summed E-state index contributed by atoms with van der Waals surface area (Å²) in [7, 11) is 1.58. The minimum Gasteiger partial charge on any atom is -0.496 e. The van der Waals surface area contributed by atoms with Crippen LogP contribution in [0.4, 0.5) is 9.93 Å². The van der Waals surface area contributed by atoms with Crippen molar-refractivity contribution in [2.75, 3.05) is 19.0 Å². The molecule has 6 rings (SSSR count). The number of likely N-dealkylation sites (tertiary alicyclic amines) is 1. The Morgan fingerprint density at radius 1 is 1.11 bits per heavy atom. The van der Waals surface area contributed by atoms with Crippen molar-refractivity contribution < 1.29 is 38.5 Å². The van der Waals surface area contributed by atoms with Gasteiger partial charge in [-0.2, -0.15) is 0 Å². The number of anilines is 1. The molecule has 302 valence electrons. The number of pyridine rings is 1. The molecule has 0 radical (unpaired) electrons. The molecule has 2 aliphatic carbocycles. The van der Waals surface area contributed by atoms with E-state index in [1.165, 1.54) is 16.2 Å². The maximum absolute atomic E-state index is 14.8. The molecule has 3 fully saturated rings. The lowest BCUT2D eigenvalue weighted by Crippen LogP contribution is -2.58. The van der Waals surface area contributed by atoms with Crippen LogP contribution in [0.1, 0.15) is 72.8 Å². The number of aliphatic carboxylic acids is 1. The molecule has 2 saturated carbocycles. The van der Waals surface area contributed by atoms with Crippen molar-refractivity contribution in [2.45, 2.75) is 104 Å². The Balaban J connectivity index is 1.43. The third-order valence-corrected chi connectivity index (χ3v) is 12.2. The summed E-state index contributed by atoms with van der Waals surface area (Å²) in [5.74, 6) is -4.19. The van der Waals surface area contributed by atoms with Crippen LogP contribution in [-0.2, 0) is 19.1 Å². The van der Waals surface area contributed by atoms with Crippen molar-refractivity contribution in [2.24, 2.45) is 34.8 Å². The van der Waals surface area contributed by atoms with Crippen molar-refractivity contribution in [1.29, 1.82) is 0 Å². The fourth-order valence-corrected chi connectivity index (χ4v) is 9.43. The number of allylic oxidation sites excluding steroid dienone is 1. The second-order valence-electron chi connectivity index (χ2n) is 16.9. The van der Waals surface area contributed by atoms with Crippen molar-refractivity contribution in [3.8, 4) is 22.9 Å². The number of benzene rings is 1. The molecule has 3 aliphatic rings. The molecule has 3 heterocycles. The Morgan fingerprint density at radius 2 is 1.80 bits per heavy atom. The Kier molecular flexibility index (Phi) is 11.3. The molecule has 2 aromatic heterocycles. The first-order chi connectivity index (χ1) is 26.4. The Hall–Kier alpha value is -4.92. The van der Waals surface area contributed by atoms with Gasteiger partial charge in [-0.15, -0.1) is 17.9 Å². The van der Waals surface area contributed by atoms with Gasteiger partial charge in [-0.3, -0.25) is 14.4 Å². The highest BCUT2D eigenvalue weighted by molar-refractivity contribution is 7.14. The SMILES string of the molecule is C=C[C@@H]1C(C2[C@@H](Oc3cc(-c4csc(NC(C)C)n4)nc4c(C)c(OC)ccc34)CN(C(=O)[C@@H](NC(=O)OC3(C)CCCC3)C(C)(C)C)[C@@H]2C(N)=O)[C@@H]1C(=O)O. The number of primary amides is 1. The number of alkyl carbamates (subject to hydrolysis) is 1. The lowest BCUT2D eigenvalue weighted by atomic mass is 9.85. The number of carbonyl (C=O) groups excluding carboxylic acids is 3. The van der Waals surface area contributed by atoms with E-state index in [0.717, 1.165) is 36.4 Å². The average molecular weight is 791 g/mol. The molecule has 1 aromatic carbocycles. The maximum atomic E-state index is 14.8. The first-order valence-corrected chi connectivity index (χ1v) is 20.1. The molecule has 3 aromatic rings. The summed E-state index contributed by atoms with van der Waals surface area (Å²) in [6.07, 6.45) is 3.27. The molecule has 5 N–H and O–H groups in total. The zero-order chi connectivity index (χ0) is 40.9. The molecular weight excluding hydrogens is 737 g/mol. The van der Waals surface area contributed by atoms with Gasteiger partial charge in [0.25, 0.3) is 0 Å². The summed E-state index contributed by atoms with van der Waals surface area (Å²) in [5, 5.41) is 19.7. The molecule has 1 saturated heterocycles. The van der Waals surface area contributed by atoms with Crippen LogP contribution >= 0.6 is 11.3 Å². The Labute approximate surface area is 331 Å². The highest BCUT2D eigenvalue weighted by Gasteiger charge is 2.65. The van der Waals surface area contributed by atoms with Crippen molar-refractivity contribution in [3.63, 3.8) is 0 Å². The predicted octanol–water partition coefficient (Wildman–Crippen LogP) is 6.16. The number of methoxy groups -OCH3 is 1. The van der Waals surface area contributed by atoms with Crippen LogP contribution in [0.25, 0.3) is 22.3 Å². The molecule has 3 amide bonds. The third kappa shape index (κ3) is 8.00. The number of thiazole rings is 1. The topological polar surface area (TPSA) is 195 Å². The maximum Gasteiger partial charge on any atom is 0.408 e. The second kappa shape index (κ2) is 15.5. The standard InChI is InChI=1S/C41H54N6O8S/c1-10-22-29(30(22)37(50)51)31-28(18-47(33(31)35(42)48)36(49)34(40(5,6)7)46-39(52)55-41(8)15-11-12-16-41)54-27-17-24(25-19-56-38(45-25)43-20(2)3)44-32-21(4)26(53-9)14-13-23(27)32/h10,13-14,17,19-20,22,28-31,33-34H,1,11-12,15-16,18H2,2-9H3,(H2,42,48)(H,43,45)(H,46,52)(H,50,51)/t22-,28+,29?,30-,31?,33+,34-/m1/s1. The molecule has 56 heavy (non-hydrogen) atoms. The van der Waals surface area contributed by atoms with E-state index >= 15 is 0 Å². The van der Waals surface area contributed by atoms with Crippen LogP contribution in [0.15, 0.2) is 36.2 Å². The predicted molar refractivity (Wildman–Crippen MR) is 214 cm³/mol. The van der Waals surface area contributed by atoms with Gasteiger partial charge in [-0.25, -0.2) is 14.8 Å². The largest absolute Gasteiger partial charge is 0.496 e. The number of nitrogens with one attached hydrogen (secondary N) is 2. The minimum atomic E-state index is -1.25.